The van der Waals surface area contributed by atoms with Gasteiger partial charge in [0.1, 0.15) is 0 Å². The van der Waals surface area contributed by atoms with Crippen molar-refractivity contribution < 1.29 is 9.59 Å². The number of aromatic nitrogens is 1. The standard InChI is InChI=1S/C17H19ClN4O2/c1-2-22(10-7-12-5-8-20-9-6-12)17(24)16(23)21-15-4-3-13(19)11-14(15)18/h3-6,8-9,11H,2,7,10,19H2,1H3,(H,21,23). The van der Waals surface area contributed by atoms with Gasteiger partial charge >= 0.3 is 11.8 Å². The lowest BCUT2D eigenvalue weighted by Gasteiger charge is -2.20. The molecular weight excluding hydrogens is 328 g/mol. The van der Waals surface area contributed by atoms with Crippen molar-refractivity contribution in [2.75, 3.05) is 24.1 Å². The predicted molar refractivity (Wildman–Crippen MR) is 94.7 cm³/mol. The summed E-state index contributed by atoms with van der Waals surface area (Å²) in [6.45, 7) is 2.71. The molecule has 1 aromatic heterocycles. The smallest absolute Gasteiger partial charge is 0.313 e. The number of halogens is 1. The minimum atomic E-state index is -0.724. The number of carbonyl (C=O) groups is 2. The van der Waals surface area contributed by atoms with Gasteiger partial charge in [-0.2, -0.15) is 0 Å². The van der Waals surface area contributed by atoms with E-state index in [1.54, 1.807) is 24.5 Å². The number of anilines is 2. The number of nitrogen functional groups attached to an aromatic ring is 1. The van der Waals surface area contributed by atoms with Crippen LogP contribution < -0.4 is 11.1 Å². The molecule has 0 saturated heterocycles. The van der Waals surface area contributed by atoms with Crippen LogP contribution in [0.5, 0.6) is 0 Å². The predicted octanol–water partition coefficient (Wildman–Crippen LogP) is 2.35. The molecule has 0 aliphatic carbocycles. The minimum Gasteiger partial charge on any atom is -0.399 e. The van der Waals surface area contributed by atoms with Gasteiger partial charge in [-0.25, -0.2) is 0 Å². The van der Waals surface area contributed by atoms with Gasteiger partial charge in [0.25, 0.3) is 0 Å². The Hall–Kier alpha value is -2.60. The topological polar surface area (TPSA) is 88.3 Å². The fourth-order valence-electron chi connectivity index (χ4n) is 2.17. The van der Waals surface area contributed by atoms with E-state index in [0.29, 0.717) is 30.9 Å². The van der Waals surface area contributed by atoms with Crippen LogP contribution in [0.1, 0.15) is 12.5 Å². The molecule has 0 unspecified atom stereocenters. The Bertz CT molecular complexity index is 722. The molecule has 7 heteroatoms. The van der Waals surface area contributed by atoms with Gasteiger partial charge in [0.05, 0.1) is 10.7 Å². The SMILES string of the molecule is CCN(CCc1ccncc1)C(=O)C(=O)Nc1ccc(N)cc1Cl. The number of likely N-dealkylation sites (N-methyl/N-ethyl adjacent to an activating group) is 1. The highest BCUT2D eigenvalue weighted by atomic mass is 35.5. The van der Waals surface area contributed by atoms with E-state index < -0.39 is 11.8 Å². The monoisotopic (exact) mass is 346 g/mol. The van der Waals surface area contributed by atoms with Crippen molar-refractivity contribution in [2.24, 2.45) is 0 Å². The van der Waals surface area contributed by atoms with Crippen LogP contribution in [0, 0.1) is 0 Å². The van der Waals surface area contributed by atoms with Gasteiger partial charge in [-0.3, -0.25) is 14.6 Å². The number of carbonyl (C=O) groups excluding carboxylic acids is 2. The van der Waals surface area contributed by atoms with Crippen molar-refractivity contribution in [3.05, 3.63) is 53.3 Å². The largest absolute Gasteiger partial charge is 0.399 e. The molecular formula is C17H19ClN4O2. The lowest BCUT2D eigenvalue weighted by molar-refractivity contribution is -0.143. The van der Waals surface area contributed by atoms with Gasteiger partial charge in [0.15, 0.2) is 0 Å². The van der Waals surface area contributed by atoms with E-state index >= 15 is 0 Å². The van der Waals surface area contributed by atoms with Crippen LogP contribution in [0.3, 0.4) is 0 Å². The molecule has 3 N–H and O–H groups in total. The fourth-order valence-corrected chi connectivity index (χ4v) is 2.41. The molecule has 0 aliphatic heterocycles. The molecule has 2 aromatic rings. The van der Waals surface area contributed by atoms with Crippen LogP contribution >= 0.6 is 11.6 Å². The quantitative estimate of drug-likeness (QED) is 0.642. The van der Waals surface area contributed by atoms with Crippen molar-refractivity contribution in [3.8, 4) is 0 Å². The Morgan fingerprint density at radius 2 is 1.96 bits per heavy atom. The summed E-state index contributed by atoms with van der Waals surface area (Å²) >= 11 is 6.01. The summed E-state index contributed by atoms with van der Waals surface area (Å²) in [6.07, 6.45) is 4.05. The van der Waals surface area contributed by atoms with Crippen molar-refractivity contribution in [2.45, 2.75) is 13.3 Å². The molecule has 126 valence electrons. The molecule has 0 fully saturated rings. The van der Waals surface area contributed by atoms with Crippen LogP contribution in [-0.2, 0) is 16.0 Å². The van der Waals surface area contributed by atoms with Gasteiger partial charge in [0.2, 0.25) is 0 Å². The van der Waals surface area contributed by atoms with E-state index in [1.165, 1.54) is 11.0 Å². The van der Waals surface area contributed by atoms with Gasteiger partial charge in [-0.1, -0.05) is 11.6 Å². The number of hydrogen-bond acceptors (Lipinski definition) is 4. The van der Waals surface area contributed by atoms with Gasteiger partial charge in [0, 0.05) is 31.2 Å². The molecule has 2 amide bonds. The zero-order valence-electron chi connectivity index (χ0n) is 13.3. The van der Waals surface area contributed by atoms with E-state index in [2.05, 4.69) is 10.3 Å². The van der Waals surface area contributed by atoms with Gasteiger partial charge in [-0.15, -0.1) is 0 Å². The van der Waals surface area contributed by atoms with Crippen LogP contribution in [-0.4, -0.2) is 34.8 Å². The summed E-state index contributed by atoms with van der Waals surface area (Å²) in [5.74, 6) is -1.32. The molecule has 6 nitrogen and oxygen atoms in total. The third-order valence-electron chi connectivity index (χ3n) is 3.52. The van der Waals surface area contributed by atoms with Crippen molar-refractivity contribution >= 4 is 34.8 Å². The normalized spacial score (nSPS) is 10.2. The second-order valence-corrected chi connectivity index (χ2v) is 5.59. The van der Waals surface area contributed by atoms with Crippen LogP contribution in [0.15, 0.2) is 42.7 Å². The van der Waals surface area contributed by atoms with E-state index in [9.17, 15) is 9.59 Å². The number of benzene rings is 1. The minimum absolute atomic E-state index is 0.288. The molecule has 0 spiro atoms. The maximum absolute atomic E-state index is 12.3. The van der Waals surface area contributed by atoms with E-state index in [4.69, 9.17) is 17.3 Å². The maximum Gasteiger partial charge on any atom is 0.313 e. The first-order chi connectivity index (χ1) is 11.5. The third kappa shape index (κ3) is 4.70. The molecule has 0 radical (unpaired) electrons. The number of nitrogens with two attached hydrogens (primary N) is 1. The third-order valence-corrected chi connectivity index (χ3v) is 3.84. The lowest BCUT2D eigenvalue weighted by Crippen LogP contribution is -2.40. The van der Waals surface area contributed by atoms with E-state index in [1.807, 2.05) is 19.1 Å². The Kier molecular flexibility index (Phi) is 6.14. The van der Waals surface area contributed by atoms with E-state index in [0.717, 1.165) is 5.56 Å². The number of nitrogens with zero attached hydrogens (tertiary/aromatic N) is 2. The summed E-state index contributed by atoms with van der Waals surface area (Å²) in [6, 6.07) is 8.45. The second-order valence-electron chi connectivity index (χ2n) is 5.18. The number of hydrogen-bond donors (Lipinski definition) is 2. The Morgan fingerprint density at radius 3 is 2.58 bits per heavy atom. The highest BCUT2D eigenvalue weighted by Gasteiger charge is 2.21. The number of amides is 2. The van der Waals surface area contributed by atoms with Crippen molar-refractivity contribution in [1.82, 2.24) is 9.88 Å². The molecule has 0 bridgehead atoms. The molecule has 0 aliphatic rings. The highest BCUT2D eigenvalue weighted by Crippen LogP contribution is 2.24. The summed E-state index contributed by atoms with van der Waals surface area (Å²) in [4.78, 5) is 29.9. The van der Waals surface area contributed by atoms with Crippen molar-refractivity contribution in [1.29, 1.82) is 0 Å². The molecule has 0 saturated carbocycles. The molecule has 1 heterocycles. The molecule has 0 atom stereocenters. The first-order valence-corrected chi connectivity index (χ1v) is 7.93. The van der Waals surface area contributed by atoms with E-state index in [-0.39, 0.29) is 5.02 Å². The Labute approximate surface area is 145 Å². The average Bonchev–Trinajstić information content (AvgIpc) is 2.58. The number of pyridine rings is 1. The lowest BCUT2D eigenvalue weighted by atomic mass is 10.2. The average molecular weight is 347 g/mol. The number of nitrogens with one attached hydrogen (secondary N) is 1. The highest BCUT2D eigenvalue weighted by molar-refractivity contribution is 6.41. The van der Waals surface area contributed by atoms with Crippen LogP contribution in [0.4, 0.5) is 11.4 Å². The van der Waals surface area contributed by atoms with Gasteiger partial charge in [-0.05, 0) is 49.2 Å². The summed E-state index contributed by atoms with van der Waals surface area (Å²) in [7, 11) is 0. The van der Waals surface area contributed by atoms with Crippen LogP contribution in [0.25, 0.3) is 0 Å². The van der Waals surface area contributed by atoms with Gasteiger partial charge < -0.3 is 16.0 Å². The summed E-state index contributed by atoms with van der Waals surface area (Å²) in [5, 5.41) is 2.81. The zero-order valence-corrected chi connectivity index (χ0v) is 14.1. The van der Waals surface area contributed by atoms with Crippen LogP contribution in [0.2, 0.25) is 5.02 Å². The fraction of sp³-hybridized carbons (Fsp3) is 0.235. The molecule has 1 aromatic carbocycles. The summed E-state index contributed by atoms with van der Waals surface area (Å²) in [5.41, 5.74) is 7.50. The summed E-state index contributed by atoms with van der Waals surface area (Å²) < 4.78 is 0. The molecule has 2 rings (SSSR count). The maximum atomic E-state index is 12.3. The van der Waals surface area contributed by atoms with Crippen molar-refractivity contribution in [3.63, 3.8) is 0 Å². The molecule has 24 heavy (non-hydrogen) atoms. The first kappa shape index (κ1) is 17.7. The Balaban J connectivity index is 1.98. The zero-order chi connectivity index (χ0) is 17.5. The number of rotatable bonds is 5. The first-order valence-electron chi connectivity index (χ1n) is 7.55. The Morgan fingerprint density at radius 1 is 1.25 bits per heavy atom. The second kappa shape index (κ2) is 8.31.